The van der Waals surface area contributed by atoms with Gasteiger partial charge in [0.05, 0.1) is 5.57 Å². The largest absolute Gasteiger partial charge is 0.326 e. The molecule has 136 valence electrons. The lowest BCUT2D eigenvalue weighted by Gasteiger charge is -2.28. The molecule has 0 fully saturated rings. The molecule has 0 radical (unpaired) electrons. The molecule has 4 rings (SSSR count). The Morgan fingerprint density at radius 3 is 2.37 bits per heavy atom. The van der Waals surface area contributed by atoms with Crippen molar-refractivity contribution in [3.63, 3.8) is 0 Å². The SMILES string of the molecule is CC1=C(C(=O)Nc2ccc(Cl)cc2)[C@H](c2ccc(Cl)cc2)n2nnnc2N1. The van der Waals surface area contributed by atoms with Crippen LogP contribution in [0.25, 0.3) is 0 Å². The number of carbonyl (C=O) groups excluding carboxylic acids is 1. The summed E-state index contributed by atoms with van der Waals surface area (Å²) >= 11 is 11.9. The van der Waals surface area contributed by atoms with Gasteiger partial charge in [-0.15, -0.1) is 0 Å². The van der Waals surface area contributed by atoms with E-state index in [-0.39, 0.29) is 5.91 Å². The molecule has 0 bridgehead atoms. The van der Waals surface area contributed by atoms with Gasteiger partial charge in [0.2, 0.25) is 5.95 Å². The fraction of sp³-hybridized carbons (Fsp3) is 0.111. The van der Waals surface area contributed by atoms with Crippen LogP contribution in [0.3, 0.4) is 0 Å². The van der Waals surface area contributed by atoms with Gasteiger partial charge in [0.15, 0.2) is 0 Å². The topological polar surface area (TPSA) is 84.7 Å². The molecule has 2 heterocycles. The van der Waals surface area contributed by atoms with Crippen LogP contribution >= 0.6 is 23.2 Å². The van der Waals surface area contributed by atoms with Gasteiger partial charge in [-0.1, -0.05) is 40.4 Å². The number of rotatable bonds is 3. The van der Waals surface area contributed by atoms with E-state index in [0.29, 0.717) is 33.0 Å². The van der Waals surface area contributed by atoms with Crippen LogP contribution in [0.5, 0.6) is 0 Å². The number of tetrazole rings is 1. The van der Waals surface area contributed by atoms with Crippen molar-refractivity contribution in [2.24, 2.45) is 0 Å². The molecule has 27 heavy (non-hydrogen) atoms. The van der Waals surface area contributed by atoms with Crippen LogP contribution in [0.2, 0.25) is 10.0 Å². The van der Waals surface area contributed by atoms with Crippen molar-refractivity contribution in [3.8, 4) is 0 Å². The van der Waals surface area contributed by atoms with Gasteiger partial charge in [-0.25, -0.2) is 0 Å². The number of carbonyl (C=O) groups is 1. The zero-order chi connectivity index (χ0) is 19.0. The summed E-state index contributed by atoms with van der Waals surface area (Å²) in [5.74, 6) is 0.207. The number of anilines is 2. The summed E-state index contributed by atoms with van der Waals surface area (Å²) in [6, 6.07) is 13.7. The number of amides is 1. The van der Waals surface area contributed by atoms with E-state index in [4.69, 9.17) is 23.2 Å². The minimum Gasteiger partial charge on any atom is -0.326 e. The minimum absolute atomic E-state index is 0.261. The molecule has 9 heteroatoms. The minimum atomic E-state index is -0.485. The third-order valence-electron chi connectivity index (χ3n) is 4.25. The molecule has 1 amide bonds. The van der Waals surface area contributed by atoms with Gasteiger partial charge in [-0.2, -0.15) is 4.68 Å². The zero-order valence-corrected chi connectivity index (χ0v) is 15.7. The lowest BCUT2D eigenvalue weighted by molar-refractivity contribution is -0.113. The van der Waals surface area contributed by atoms with Crippen LogP contribution in [-0.2, 0) is 4.79 Å². The van der Waals surface area contributed by atoms with Crippen molar-refractivity contribution in [1.82, 2.24) is 20.2 Å². The van der Waals surface area contributed by atoms with E-state index >= 15 is 0 Å². The molecule has 1 atom stereocenters. The Bertz CT molecular complexity index is 1030. The summed E-state index contributed by atoms with van der Waals surface area (Å²) in [5, 5.41) is 18.9. The molecule has 3 aromatic rings. The number of allylic oxidation sites excluding steroid dienone is 1. The standard InChI is InChI=1S/C18H14Cl2N6O/c1-10-15(17(27)22-14-8-6-13(20)7-9-14)16(11-2-4-12(19)5-3-11)26-18(21-10)23-24-25-26/h2-9,16H,1H3,(H,22,27)(H,21,23,25)/t16-/m0/s1. The molecule has 0 saturated carbocycles. The number of hydrogen-bond acceptors (Lipinski definition) is 5. The molecular weight excluding hydrogens is 387 g/mol. The zero-order valence-electron chi connectivity index (χ0n) is 14.1. The Morgan fingerprint density at radius 2 is 1.70 bits per heavy atom. The first kappa shape index (κ1) is 17.5. The second-order valence-electron chi connectivity index (χ2n) is 6.03. The molecule has 0 unspecified atom stereocenters. The first-order chi connectivity index (χ1) is 13.0. The third-order valence-corrected chi connectivity index (χ3v) is 4.75. The Morgan fingerprint density at radius 1 is 1.07 bits per heavy atom. The van der Waals surface area contributed by atoms with E-state index in [1.165, 1.54) is 0 Å². The number of nitrogens with zero attached hydrogens (tertiary/aromatic N) is 4. The van der Waals surface area contributed by atoms with E-state index in [1.807, 2.05) is 19.1 Å². The summed E-state index contributed by atoms with van der Waals surface area (Å²) in [6.07, 6.45) is 0. The Kier molecular flexibility index (Phi) is 4.55. The average molecular weight is 401 g/mol. The van der Waals surface area contributed by atoms with Crippen LogP contribution < -0.4 is 10.6 Å². The summed E-state index contributed by atoms with van der Waals surface area (Å²) < 4.78 is 1.58. The molecule has 1 aromatic heterocycles. The van der Waals surface area contributed by atoms with Crippen LogP contribution in [0.1, 0.15) is 18.5 Å². The van der Waals surface area contributed by atoms with E-state index in [2.05, 4.69) is 26.2 Å². The molecule has 1 aliphatic rings. The number of benzene rings is 2. The maximum absolute atomic E-state index is 13.1. The van der Waals surface area contributed by atoms with Crippen molar-refractivity contribution < 1.29 is 4.79 Å². The highest BCUT2D eigenvalue weighted by Crippen LogP contribution is 2.35. The summed E-state index contributed by atoms with van der Waals surface area (Å²) in [5.41, 5.74) is 2.66. The quantitative estimate of drug-likeness (QED) is 0.695. The number of hydrogen-bond donors (Lipinski definition) is 2. The molecule has 2 aromatic carbocycles. The van der Waals surface area contributed by atoms with Gasteiger partial charge in [-0.3, -0.25) is 4.79 Å². The molecule has 0 saturated heterocycles. The van der Waals surface area contributed by atoms with Crippen LogP contribution in [-0.4, -0.2) is 26.1 Å². The van der Waals surface area contributed by atoms with Gasteiger partial charge < -0.3 is 10.6 Å². The van der Waals surface area contributed by atoms with E-state index in [9.17, 15) is 4.79 Å². The van der Waals surface area contributed by atoms with E-state index in [1.54, 1.807) is 41.1 Å². The molecule has 0 aliphatic carbocycles. The number of fused-ring (bicyclic) bond motifs is 1. The maximum atomic E-state index is 13.1. The highest BCUT2D eigenvalue weighted by atomic mass is 35.5. The lowest BCUT2D eigenvalue weighted by Crippen LogP contribution is -2.31. The fourth-order valence-corrected chi connectivity index (χ4v) is 3.24. The molecular formula is C18H14Cl2N6O. The molecule has 0 spiro atoms. The molecule has 2 N–H and O–H groups in total. The second kappa shape index (κ2) is 7.02. The normalized spacial score (nSPS) is 15.9. The van der Waals surface area contributed by atoms with E-state index in [0.717, 1.165) is 5.56 Å². The van der Waals surface area contributed by atoms with Crippen LogP contribution in [0, 0.1) is 0 Å². The Labute approximate surface area is 165 Å². The second-order valence-corrected chi connectivity index (χ2v) is 6.90. The Balaban J connectivity index is 1.74. The fourth-order valence-electron chi connectivity index (χ4n) is 2.99. The smallest absolute Gasteiger partial charge is 0.255 e. The first-order valence-electron chi connectivity index (χ1n) is 8.11. The van der Waals surface area contributed by atoms with E-state index < -0.39 is 6.04 Å². The van der Waals surface area contributed by atoms with Gasteiger partial charge in [-0.05, 0) is 59.3 Å². The average Bonchev–Trinajstić information content (AvgIpc) is 3.11. The summed E-state index contributed by atoms with van der Waals surface area (Å²) in [6.45, 7) is 1.82. The van der Waals surface area contributed by atoms with Crippen molar-refractivity contribution >= 4 is 40.7 Å². The van der Waals surface area contributed by atoms with Crippen LogP contribution in [0.15, 0.2) is 59.8 Å². The van der Waals surface area contributed by atoms with Crippen molar-refractivity contribution in [3.05, 3.63) is 75.4 Å². The first-order valence-corrected chi connectivity index (χ1v) is 8.86. The van der Waals surface area contributed by atoms with Gasteiger partial charge >= 0.3 is 0 Å². The number of aromatic nitrogens is 4. The van der Waals surface area contributed by atoms with Crippen molar-refractivity contribution in [2.45, 2.75) is 13.0 Å². The molecule has 1 aliphatic heterocycles. The lowest BCUT2D eigenvalue weighted by atomic mass is 9.95. The number of halogens is 2. The predicted molar refractivity (Wildman–Crippen MR) is 104 cm³/mol. The van der Waals surface area contributed by atoms with Gasteiger partial charge in [0, 0.05) is 21.4 Å². The Hall–Kier alpha value is -2.90. The highest BCUT2D eigenvalue weighted by molar-refractivity contribution is 6.30. The van der Waals surface area contributed by atoms with Crippen molar-refractivity contribution in [1.29, 1.82) is 0 Å². The van der Waals surface area contributed by atoms with Crippen LogP contribution in [0.4, 0.5) is 11.6 Å². The predicted octanol–water partition coefficient (Wildman–Crippen LogP) is 3.91. The summed E-state index contributed by atoms with van der Waals surface area (Å²) in [7, 11) is 0. The summed E-state index contributed by atoms with van der Waals surface area (Å²) in [4.78, 5) is 13.1. The number of nitrogens with one attached hydrogen (secondary N) is 2. The third kappa shape index (κ3) is 3.39. The highest BCUT2D eigenvalue weighted by Gasteiger charge is 2.34. The van der Waals surface area contributed by atoms with Crippen molar-refractivity contribution in [2.75, 3.05) is 10.6 Å². The monoisotopic (exact) mass is 400 g/mol. The molecule has 7 nitrogen and oxygen atoms in total. The van der Waals surface area contributed by atoms with Gasteiger partial charge in [0.1, 0.15) is 6.04 Å². The van der Waals surface area contributed by atoms with Gasteiger partial charge in [0.25, 0.3) is 5.91 Å². The maximum Gasteiger partial charge on any atom is 0.255 e.